The normalized spacial score (nSPS) is 23.1. The van der Waals surface area contributed by atoms with Crippen LogP contribution in [0.1, 0.15) is 38.2 Å². The van der Waals surface area contributed by atoms with Crippen molar-refractivity contribution in [2.24, 2.45) is 5.92 Å². The van der Waals surface area contributed by atoms with Gasteiger partial charge in [-0.3, -0.25) is 4.79 Å². The van der Waals surface area contributed by atoms with Crippen molar-refractivity contribution in [2.45, 2.75) is 44.6 Å². The van der Waals surface area contributed by atoms with E-state index in [1.165, 1.54) is 0 Å². The van der Waals surface area contributed by atoms with Gasteiger partial charge in [0.2, 0.25) is 12.7 Å². The fourth-order valence-corrected chi connectivity index (χ4v) is 4.59. The number of carbonyl (C=O) groups excluding carboxylic acids is 1. The molecular weight excluding hydrogens is 346 g/mol. The molecule has 0 saturated carbocycles. The second kappa shape index (κ2) is 8.07. The van der Waals surface area contributed by atoms with Gasteiger partial charge in [0.15, 0.2) is 11.5 Å². The summed E-state index contributed by atoms with van der Waals surface area (Å²) < 4.78 is 22.5. The molecule has 6 nitrogen and oxygen atoms in total. The molecule has 0 radical (unpaired) electrons. The van der Waals surface area contributed by atoms with Gasteiger partial charge in [0.05, 0.1) is 12.0 Å². The first-order chi connectivity index (χ1) is 13.2. The molecule has 27 heavy (non-hydrogen) atoms. The summed E-state index contributed by atoms with van der Waals surface area (Å²) in [5, 5.41) is 0. The van der Waals surface area contributed by atoms with E-state index in [2.05, 4.69) is 0 Å². The number of carbonyl (C=O) groups is 1. The molecule has 1 aromatic rings. The predicted octanol–water partition coefficient (Wildman–Crippen LogP) is 2.78. The Labute approximate surface area is 160 Å². The van der Waals surface area contributed by atoms with E-state index < -0.39 is 0 Å². The van der Waals surface area contributed by atoms with Gasteiger partial charge in [-0.25, -0.2) is 0 Å². The fraction of sp³-hybridized carbons (Fsp3) is 0.667. The van der Waals surface area contributed by atoms with Gasteiger partial charge in [-0.15, -0.1) is 0 Å². The lowest BCUT2D eigenvalue weighted by Gasteiger charge is -2.42. The van der Waals surface area contributed by atoms with Crippen molar-refractivity contribution >= 4 is 5.91 Å². The summed E-state index contributed by atoms with van der Waals surface area (Å²) in [6, 6.07) is 5.74. The Kier molecular flexibility index (Phi) is 5.55. The smallest absolute Gasteiger partial charge is 0.231 e. The van der Waals surface area contributed by atoms with E-state index in [-0.39, 0.29) is 18.3 Å². The highest BCUT2D eigenvalue weighted by Crippen LogP contribution is 2.42. The van der Waals surface area contributed by atoms with Gasteiger partial charge in [-0.05, 0) is 56.2 Å². The summed E-state index contributed by atoms with van der Waals surface area (Å²) in [6.45, 7) is 6.24. The molecule has 0 N–H and O–H groups in total. The van der Waals surface area contributed by atoms with Gasteiger partial charge in [0.25, 0.3) is 0 Å². The van der Waals surface area contributed by atoms with E-state index in [1.807, 2.05) is 30.0 Å². The molecule has 2 saturated heterocycles. The summed E-state index contributed by atoms with van der Waals surface area (Å²) in [7, 11) is 0. The number of hydrogen-bond donors (Lipinski definition) is 0. The zero-order chi connectivity index (χ0) is 18.7. The van der Waals surface area contributed by atoms with Crippen LogP contribution in [0, 0.1) is 5.92 Å². The summed E-state index contributed by atoms with van der Waals surface area (Å²) >= 11 is 0. The van der Waals surface area contributed by atoms with Crippen molar-refractivity contribution in [3.8, 4) is 11.5 Å². The monoisotopic (exact) mass is 375 g/mol. The van der Waals surface area contributed by atoms with Crippen LogP contribution in [0.25, 0.3) is 0 Å². The third-order valence-corrected chi connectivity index (χ3v) is 6.17. The average molecular weight is 375 g/mol. The molecule has 0 unspecified atom stereocenters. The van der Waals surface area contributed by atoms with Gasteiger partial charge >= 0.3 is 0 Å². The number of rotatable bonds is 6. The van der Waals surface area contributed by atoms with Crippen LogP contribution in [0.4, 0.5) is 0 Å². The van der Waals surface area contributed by atoms with Crippen molar-refractivity contribution < 1.29 is 23.7 Å². The van der Waals surface area contributed by atoms with E-state index in [0.717, 1.165) is 75.7 Å². The van der Waals surface area contributed by atoms with Gasteiger partial charge < -0.3 is 23.8 Å². The van der Waals surface area contributed by atoms with Crippen molar-refractivity contribution in [2.75, 3.05) is 39.7 Å². The molecule has 148 valence electrons. The van der Waals surface area contributed by atoms with E-state index in [9.17, 15) is 4.79 Å². The average Bonchev–Trinajstić information content (AvgIpc) is 3.29. The molecule has 4 rings (SSSR count). The fourth-order valence-electron chi connectivity index (χ4n) is 4.59. The molecule has 3 heterocycles. The highest BCUT2D eigenvalue weighted by Gasteiger charge is 2.46. The third kappa shape index (κ3) is 3.92. The number of amides is 1. The van der Waals surface area contributed by atoms with Crippen LogP contribution in [-0.4, -0.2) is 56.1 Å². The molecule has 2 fully saturated rings. The lowest BCUT2D eigenvalue weighted by molar-refractivity contribution is -0.137. The summed E-state index contributed by atoms with van der Waals surface area (Å²) in [4.78, 5) is 14.7. The number of hydrogen-bond acceptors (Lipinski definition) is 5. The third-order valence-electron chi connectivity index (χ3n) is 6.17. The van der Waals surface area contributed by atoms with Crippen LogP contribution in [0.2, 0.25) is 0 Å². The number of likely N-dealkylation sites (tertiary alicyclic amines) is 1. The molecule has 1 aromatic carbocycles. The number of fused-ring (bicyclic) bond motifs is 1. The van der Waals surface area contributed by atoms with Crippen LogP contribution in [0.3, 0.4) is 0 Å². The zero-order valence-corrected chi connectivity index (χ0v) is 16.1. The van der Waals surface area contributed by atoms with Crippen LogP contribution in [-0.2, 0) is 20.7 Å². The van der Waals surface area contributed by atoms with E-state index in [1.54, 1.807) is 0 Å². The Balaban J connectivity index is 1.31. The maximum absolute atomic E-state index is 12.8. The maximum Gasteiger partial charge on any atom is 0.231 e. The number of nitrogens with zero attached hydrogens (tertiary/aromatic N) is 1. The van der Waals surface area contributed by atoms with Gasteiger partial charge in [-0.1, -0.05) is 6.07 Å². The molecule has 1 atom stereocenters. The molecule has 1 amide bonds. The molecule has 6 heteroatoms. The Bertz CT molecular complexity index is 669. The SMILES string of the molecule is CCOCC[C@H]1CCOC12CCN(C(=O)Cc1ccc3c(c1)OCO3)CC2. The topological polar surface area (TPSA) is 57.2 Å². The second-order valence-electron chi connectivity index (χ2n) is 7.63. The van der Waals surface area contributed by atoms with Crippen molar-refractivity contribution in [1.29, 1.82) is 0 Å². The maximum atomic E-state index is 12.8. The van der Waals surface area contributed by atoms with E-state index in [4.69, 9.17) is 18.9 Å². The molecular formula is C21H29NO5. The van der Waals surface area contributed by atoms with Crippen molar-refractivity contribution in [3.63, 3.8) is 0 Å². The minimum atomic E-state index is -0.0490. The van der Waals surface area contributed by atoms with Crippen LogP contribution in [0.15, 0.2) is 18.2 Å². The molecule has 0 aliphatic carbocycles. The Morgan fingerprint density at radius 2 is 2.07 bits per heavy atom. The summed E-state index contributed by atoms with van der Waals surface area (Å²) in [5.74, 6) is 2.21. The van der Waals surface area contributed by atoms with Crippen LogP contribution < -0.4 is 9.47 Å². The first-order valence-electron chi connectivity index (χ1n) is 10.1. The van der Waals surface area contributed by atoms with E-state index in [0.29, 0.717) is 12.3 Å². The molecule has 3 aliphatic heterocycles. The Morgan fingerprint density at radius 1 is 1.26 bits per heavy atom. The Morgan fingerprint density at radius 3 is 2.89 bits per heavy atom. The summed E-state index contributed by atoms with van der Waals surface area (Å²) in [6.07, 6.45) is 4.42. The first-order valence-corrected chi connectivity index (χ1v) is 10.1. The lowest BCUT2D eigenvalue weighted by atomic mass is 9.78. The number of piperidine rings is 1. The molecule has 0 aromatic heterocycles. The van der Waals surface area contributed by atoms with Gasteiger partial charge in [-0.2, -0.15) is 0 Å². The van der Waals surface area contributed by atoms with Crippen LogP contribution >= 0.6 is 0 Å². The highest BCUT2D eigenvalue weighted by molar-refractivity contribution is 5.79. The predicted molar refractivity (Wildman–Crippen MR) is 100.0 cm³/mol. The first kappa shape index (κ1) is 18.6. The minimum absolute atomic E-state index is 0.0490. The molecule has 0 bridgehead atoms. The molecule has 1 spiro atoms. The quantitative estimate of drug-likeness (QED) is 0.716. The van der Waals surface area contributed by atoms with Crippen molar-refractivity contribution in [3.05, 3.63) is 23.8 Å². The largest absolute Gasteiger partial charge is 0.454 e. The van der Waals surface area contributed by atoms with Crippen molar-refractivity contribution in [1.82, 2.24) is 4.90 Å². The Hall–Kier alpha value is -1.79. The standard InChI is InChI=1S/C21H29NO5/c1-2-24-11-5-17-6-12-27-21(17)7-9-22(10-8-21)20(23)14-16-3-4-18-19(13-16)26-15-25-18/h3-4,13,17H,2,5-12,14-15H2,1H3/t17-/m0/s1. The van der Waals surface area contributed by atoms with Gasteiger partial charge in [0.1, 0.15) is 0 Å². The second-order valence-corrected chi connectivity index (χ2v) is 7.63. The summed E-state index contributed by atoms with van der Waals surface area (Å²) in [5.41, 5.74) is 0.920. The lowest BCUT2D eigenvalue weighted by Crippen LogP contribution is -2.49. The number of ether oxygens (including phenoxy) is 4. The van der Waals surface area contributed by atoms with Crippen LogP contribution in [0.5, 0.6) is 11.5 Å². The van der Waals surface area contributed by atoms with E-state index >= 15 is 0 Å². The molecule has 3 aliphatic rings. The van der Waals surface area contributed by atoms with Gasteiger partial charge in [0, 0.05) is 32.9 Å². The number of benzene rings is 1. The highest BCUT2D eigenvalue weighted by atomic mass is 16.7. The zero-order valence-electron chi connectivity index (χ0n) is 16.1. The minimum Gasteiger partial charge on any atom is -0.454 e.